The van der Waals surface area contributed by atoms with Crippen LogP contribution in [-0.4, -0.2) is 11.0 Å². The van der Waals surface area contributed by atoms with Crippen molar-refractivity contribution in [2.24, 2.45) is 5.73 Å². The van der Waals surface area contributed by atoms with Gasteiger partial charge in [0.1, 0.15) is 5.82 Å². The lowest BCUT2D eigenvalue weighted by Crippen LogP contribution is -2.20. The Hall–Kier alpha value is -2.40. The molecular formula is C16H20N4O. The number of amides is 2. The lowest BCUT2D eigenvalue weighted by molar-refractivity contribution is 0.262. The van der Waals surface area contributed by atoms with Crippen LogP contribution in [0.5, 0.6) is 0 Å². The van der Waals surface area contributed by atoms with Crippen molar-refractivity contribution in [3.63, 3.8) is 0 Å². The molecule has 0 aliphatic rings. The average Bonchev–Trinajstić information content (AvgIpc) is 2.37. The summed E-state index contributed by atoms with van der Waals surface area (Å²) in [6.45, 7) is 5.75. The zero-order chi connectivity index (χ0) is 15.4. The summed E-state index contributed by atoms with van der Waals surface area (Å²) in [7, 11) is 0. The number of nitrogens with zero attached hydrogens (tertiary/aromatic N) is 1. The zero-order valence-corrected chi connectivity index (χ0v) is 12.5. The summed E-state index contributed by atoms with van der Waals surface area (Å²) in [6.07, 6.45) is 0. The summed E-state index contributed by atoms with van der Waals surface area (Å²) in [4.78, 5) is 16.3. The Morgan fingerprint density at radius 2 is 1.95 bits per heavy atom. The van der Waals surface area contributed by atoms with Crippen LogP contribution in [0.1, 0.15) is 29.8 Å². The summed E-state index contributed by atoms with van der Waals surface area (Å²) < 4.78 is 0. The average molecular weight is 284 g/mol. The maximum Gasteiger partial charge on any atom is 0.324 e. The Morgan fingerprint density at radius 1 is 1.19 bits per heavy atom. The minimum atomic E-state index is -0.325. The molecule has 5 heteroatoms. The quantitative estimate of drug-likeness (QED) is 0.808. The molecule has 1 unspecified atom stereocenters. The Kier molecular flexibility index (Phi) is 4.55. The van der Waals surface area contributed by atoms with E-state index in [0.29, 0.717) is 11.5 Å². The van der Waals surface area contributed by atoms with E-state index in [1.54, 1.807) is 0 Å². The molecule has 0 spiro atoms. The molecule has 4 N–H and O–H groups in total. The molecule has 1 heterocycles. The number of hydrogen-bond acceptors (Lipinski definition) is 3. The smallest absolute Gasteiger partial charge is 0.324 e. The van der Waals surface area contributed by atoms with E-state index in [1.807, 2.05) is 57.2 Å². The van der Waals surface area contributed by atoms with Crippen molar-refractivity contribution in [2.75, 3.05) is 10.6 Å². The van der Waals surface area contributed by atoms with E-state index in [4.69, 9.17) is 5.73 Å². The largest absolute Gasteiger partial charge is 0.324 e. The number of hydrogen-bond donors (Lipinski definition) is 3. The second-order valence-electron chi connectivity index (χ2n) is 5.16. The fourth-order valence-electron chi connectivity index (χ4n) is 2.08. The van der Waals surface area contributed by atoms with E-state index in [9.17, 15) is 4.79 Å². The first-order chi connectivity index (χ1) is 9.94. The predicted octanol–water partition coefficient (Wildman–Crippen LogP) is 3.36. The molecule has 2 aromatic rings. The molecule has 21 heavy (non-hydrogen) atoms. The Bertz CT molecular complexity index is 632. The molecule has 110 valence electrons. The fraction of sp³-hybridized carbons (Fsp3) is 0.250. The van der Waals surface area contributed by atoms with Gasteiger partial charge in [-0.05, 0) is 56.2 Å². The zero-order valence-electron chi connectivity index (χ0n) is 12.5. The van der Waals surface area contributed by atoms with E-state index < -0.39 is 0 Å². The van der Waals surface area contributed by atoms with Gasteiger partial charge in [0, 0.05) is 17.4 Å². The highest BCUT2D eigenvalue weighted by molar-refractivity contribution is 5.99. The lowest BCUT2D eigenvalue weighted by Gasteiger charge is -2.11. The van der Waals surface area contributed by atoms with Gasteiger partial charge in [-0.25, -0.2) is 9.78 Å². The van der Waals surface area contributed by atoms with Crippen LogP contribution in [0.25, 0.3) is 0 Å². The van der Waals surface area contributed by atoms with Gasteiger partial charge in [0.25, 0.3) is 0 Å². The lowest BCUT2D eigenvalue weighted by atomic mass is 10.1. The number of rotatable bonds is 3. The van der Waals surface area contributed by atoms with Crippen LogP contribution in [0, 0.1) is 13.8 Å². The van der Waals surface area contributed by atoms with Crippen molar-refractivity contribution < 1.29 is 4.79 Å². The second kappa shape index (κ2) is 6.37. The molecule has 0 saturated heterocycles. The van der Waals surface area contributed by atoms with Crippen LogP contribution in [0.3, 0.4) is 0 Å². The SMILES string of the molecule is Cc1cc(C)nc(NC(=O)Nc2cccc(C(C)N)c2)c1. The van der Waals surface area contributed by atoms with Gasteiger partial charge in [-0.2, -0.15) is 0 Å². The fourth-order valence-corrected chi connectivity index (χ4v) is 2.08. The molecule has 0 radical (unpaired) electrons. The maximum atomic E-state index is 12.0. The summed E-state index contributed by atoms with van der Waals surface area (Å²) in [5.41, 5.74) is 9.42. The van der Waals surface area contributed by atoms with Crippen molar-refractivity contribution in [1.29, 1.82) is 0 Å². The highest BCUT2D eigenvalue weighted by Crippen LogP contribution is 2.16. The number of aromatic nitrogens is 1. The van der Waals surface area contributed by atoms with Crippen LogP contribution >= 0.6 is 0 Å². The molecule has 0 bridgehead atoms. The van der Waals surface area contributed by atoms with Crippen LogP contribution in [-0.2, 0) is 0 Å². The third kappa shape index (κ3) is 4.29. The molecule has 1 atom stereocenters. The number of benzene rings is 1. The third-order valence-electron chi connectivity index (χ3n) is 3.01. The van der Waals surface area contributed by atoms with Crippen molar-refractivity contribution in [2.45, 2.75) is 26.8 Å². The highest BCUT2D eigenvalue weighted by atomic mass is 16.2. The Balaban J connectivity index is 2.06. The summed E-state index contributed by atoms with van der Waals surface area (Å²) in [5, 5.41) is 5.51. The summed E-state index contributed by atoms with van der Waals surface area (Å²) in [6, 6.07) is 10.9. The molecule has 5 nitrogen and oxygen atoms in total. The van der Waals surface area contributed by atoms with Gasteiger partial charge in [-0.1, -0.05) is 12.1 Å². The molecule has 0 aliphatic carbocycles. The minimum absolute atomic E-state index is 0.0732. The van der Waals surface area contributed by atoms with E-state index >= 15 is 0 Å². The van der Waals surface area contributed by atoms with Gasteiger partial charge in [-0.3, -0.25) is 5.32 Å². The van der Waals surface area contributed by atoms with E-state index in [-0.39, 0.29) is 12.1 Å². The standard InChI is InChI=1S/C16H20N4O/c1-10-7-11(2)18-15(8-10)20-16(21)19-14-6-4-5-13(9-14)12(3)17/h4-9,12H,17H2,1-3H3,(H2,18,19,20,21). The van der Waals surface area contributed by atoms with Crippen LogP contribution < -0.4 is 16.4 Å². The van der Waals surface area contributed by atoms with Crippen molar-refractivity contribution in [3.05, 3.63) is 53.2 Å². The van der Waals surface area contributed by atoms with Gasteiger partial charge < -0.3 is 11.1 Å². The van der Waals surface area contributed by atoms with E-state index in [2.05, 4.69) is 15.6 Å². The van der Waals surface area contributed by atoms with Crippen molar-refractivity contribution >= 4 is 17.5 Å². The molecule has 0 aliphatic heterocycles. The van der Waals surface area contributed by atoms with E-state index in [0.717, 1.165) is 16.8 Å². The number of aryl methyl sites for hydroxylation is 2. The highest BCUT2D eigenvalue weighted by Gasteiger charge is 2.06. The third-order valence-corrected chi connectivity index (χ3v) is 3.01. The first-order valence-corrected chi connectivity index (χ1v) is 6.83. The normalized spacial score (nSPS) is 11.8. The monoisotopic (exact) mass is 284 g/mol. The predicted molar refractivity (Wildman–Crippen MR) is 85.4 cm³/mol. The van der Waals surface area contributed by atoms with Crippen LogP contribution in [0.15, 0.2) is 36.4 Å². The number of nitrogens with two attached hydrogens (primary N) is 1. The Morgan fingerprint density at radius 3 is 2.62 bits per heavy atom. The van der Waals surface area contributed by atoms with Gasteiger partial charge in [0.15, 0.2) is 0 Å². The van der Waals surface area contributed by atoms with E-state index in [1.165, 1.54) is 0 Å². The van der Waals surface area contributed by atoms with Gasteiger partial charge >= 0.3 is 6.03 Å². The number of carbonyl (C=O) groups excluding carboxylic acids is 1. The molecule has 1 aromatic carbocycles. The first-order valence-electron chi connectivity index (χ1n) is 6.83. The van der Waals surface area contributed by atoms with Gasteiger partial charge in [0.05, 0.1) is 0 Å². The van der Waals surface area contributed by atoms with Crippen LogP contribution in [0.4, 0.5) is 16.3 Å². The van der Waals surface area contributed by atoms with Gasteiger partial charge in [0.2, 0.25) is 0 Å². The number of nitrogens with one attached hydrogen (secondary N) is 2. The van der Waals surface area contributed by atoms with Crippen molar-refractivity contribution in [1.82, 2.24) is 4.98 Å². The number of carbonyl (C=O) groups is 1. The summed E-state index contributed by atoms with van der Waals surface area (Å²) >= 11 is 0. The molecule has 0 saturated carbocycles. The maximum absolute atomic E-state index is 12.0. The molecular weight excluding hydrogens is 264 g/mol. The summed E-state index contributed by atoms with van der Waals surface area (Å²) in [5.74, 6) is 0.536. The molecule has 0 fully saturated rings. The topological polar surface area (TPSA) is 80.0 Å². The van der Waals surface area contributed by atoms with Gasteiger partial charge in [-0.15, -0.1) is 0 Å². The van der Waals surface area contributed by atoms with Crippen LogP contribution in [0.2, 0.25) is 0 Å². The Labute approximate surface area is 124 Å². The first kappa shape index (κ1) is 15.0. The number of pyridine rings is 1. The second-order valence-corrected chi connectivity index (χ2v) is 5.16. The molecule has 2 amide bonds. The number of urea groups is 1. The van der Waals surface area contributed by atoms with Crippen molar-refractivity contribution in [3.8, 4) is 0 Å². The molecule has 2 rings (SSSR count). The minimum Gasteiger partial charge on any atom is -0.324 e. The molecule has 1 aromatic heterocycles. The number of anilines is 2.